The van der Waals surface area contributed by atoms with E-state index in [-0.39, 0.29) is 6.10 Å². The van der Waals surface area contributed by atoms with E-state index in [4.69, 9.17) is 25.8 Å². The summed E-state index contributed by atoms with van der Waals surface area (Å²) in [7, 11) is 0. The molecule has 0 aliphatic heterocycles. The van der Waals surface area contributed by atoms with Crippen LogP contribution in [-0.2, 0) is 14.3 Å². The Kier molecular flexibility index (Phi) is 9.08. The molecule has 0 aliphatic rings. The van der Waals surface area contributed by atoms with Gasteiger partial charge >= 0.3 is 12.1 Å². The molecule has 0 saturated carbocycles. The van der Waals surface area contributed by atoms with Gasteiger partial charge in [-0.25, -0.2) is 9.59 Å². The second-order valence-electron chi connectivity index (χ2n) is 7.89. The predicted molar refractivity (Wildman–Crippen MR) is 110 cm³/mol. The van der Waals surface area contributed by atoms with E-state index in [1.165, 1.54) is 0 Å². The number of carbonyl (C=O) groups excluding carboxylic acids is 2. The van der Waals surface area contributed by atoms with Gasteiger partial charge in [0.05, 0.1) is 5.02 Å². The monoisotopic (exact) mass is 413 g/mol. The first-order chi connectivity index (χ1) is 12.9. The number of alkyl carbamates (subject to hydrolysis) is 1. The predicted octanol–water partition coefficient (Wildman–Crippen LogP) is 5.04. The lowest BCUT2D eigenvalue weighted by molar-refractivity contribution is -0.155. The van der Waals surface area contributed by atoms with Gasteiger partial charge in [0.15, 0.2) is 0 Å². The standard InChI is InChI=1S/C21H32ClNO5/c1-8-9-17(27-18-11-10-13(2)12-16(18)22)15(4)26-19(24)14(3)23-20(25)28-21(5,6)7/h10-12,14-15,17H,8-9H2,1-7H3,(H,23,25)/t14-,15-,17+/m0/s1. The minimum atomic E-state index is -0.845. The van der Waals surface area contributed by atoms with E-state index in [1.54, 1.807) is 34.6 Å². The number of benzene rings is 1. The van der Waals surface area contributed by atoms with Crippen molar-refractivity contribution in [3.63, 3.8) is 0 Å². The second kappa shape index (κ2) is 10.6. The first-order valence-corrected chi connectivity index (χ1v) is 9.93. The largest absolute Gasteiger partial charge is 0.485 e. The van der Waals surface area contributed by atoms with Crippen molar-refractivity contribution >= 4 is 23.7 Å². The third-order valence-corrected chi connectivity index (χ3v) is 4.15. The number of nitrogens with one attached hydrogen (secondary N) is 1. The molecule has 28 heavy (non-hydrogen) atoms. The van der Waals surface area contributed by atoms with Crippen LogP contribution in [0, 0.1) is 6.92 Å². The fourth-order valence-electron chi connectivity index (χ4n) is 2.44. The minimum Gasteiger partial charge on any atom is -0.485 e. The normalized spacial score (nSPS) is 14.6. The molecule has 0 saturated heterocycles. The summed E-state index contributed by atoms with van der Waals surface area (Å²) < 4.78 is 16.7. The number of aryl methyl sites for hydroxylation is 1. The zero-order valence-electron chi connectivity index (χ0n) is 17.8. The molecule has 0 aliphatic carbocycles. The third kappa shape index (κ3) is 8.38. The summed E-state index contributed by atoms with van der Waals surface area (Å²) in [6, 6.07) is 4.70. The Labute approximate surface area is 172 Å². The smallest absolute Gasteiger partial charge is 0.408 e. The first-order valence-electron chi connectivity index (χ1n) is 9.55. The molecular weight excluding hydrogens is 382 g/mol. The van der Waals surface area contributed by atoms with Crippen molar-refractivity contribution in [2.75, 3.05) is 0 Å². The van der Waals surface area contributed by atoms with E-state index in [0.717, 1.165) is 12.0 Å². The van der Waals surface area contributed by atoms with Gasteiger partial charge in [-0.15, -0.1) is 0 Å². The molecule has 158 valence electrons. The Hall–Kier alpha value is -1.95. The van der Waals surface area contributed by atoms with Crippen LogP contribution < -0.4 is 10.1 Å². The average molecular weight is 414 g/mol. The van der Waals surface area contributed by atoms with Crippen LogP contribution in [0.4, 0.5) is 4.79 Å². The maximum absolute atomic E-state index is 12.4. The third-order valence-electron chi connectivity index (χ3n) is 3.85. The van der Waals surface area contributed by atoms with Gasteiger partial charge in [0.2, 0.25) is 0 Å². The Balaban J connectivity index is 2.70. The Morgan fingerprint density at radius 2 is 1.86 bits per heavy atom. The van der Waals surface area contributed by atoms with Gasteiger partial charge in [-0.3, -0.25) is 0 Å². The molecule has 1 N–H and O–H groups in total. The maximum Gasteiger partial charge on any atom is 0.408 e. The highest BCUT2D eigenvalue weighted by molar-refractivity contribution is 6.32. The van der Waals surface area contributed by atoms with Gasteiger partial charge in [0.1, 0.15) is 29.6 Å². The number of amides is 1. The van der Waals surface area contributed by atoms with Crippen LogP contribution >= 0.6 is 11.6 Å². The van der Waals surface area contributed by atoms with Crippen molar-refractivity contribution in [2.24, 2.45) is 0 Å². The summed E-state index contributed by atoms with van der Waals surface area (Å²) in [4.78, 5) is 24.2. The summed E-state index contributed by atoms with van der Waals surface area (Å²) in [5.74, 6) is -0.00777. The summed E-state index contributed by atoms with van der Waals surface area (Å²) >= 11 is 6.25. The van der Waals surface area contributed by atoms with Crippen LogP contribution in [-0.4, -0.2) is 35.9 Å². The molecule has 0 aromatic heterocycles. The lowest BCUT2D eigenvalue weighted by Crippen LogP contribution is -2.44. The molecule has 0 fully saturated rings. The summed E-state index contributed by atoms with van der Waals surface area (Å²) in [5, 5.41) is 2.99. The zero-order valence-corrected chi connectivity index (χ0v) is 18.6. The topological polar surface area (TPSA) is 73.9 Å². The number of carbonyl (C=O) groups is 2. The number of halogens is 1. The van der Waals surface area contributed by atoms with E-state index >= 15 is 0 Å². The van der Waals surface area contributed by atoms with Crippen molar-refractivity contribution in [2.45, 2.75) is 85.2 Å². The summed E-state index contributed by atoms with van der Waals surface area (Å²) in [6.45, 7) is 12.5. The van der Waals surface area contributed by atoms with Gasteiger partial charge in [-0.1, -0.05) is 31.0 Å². The SMILES string of the molecule is CCC[C@@H](Oc1ccc(C)cc1Cl)[C@H](C)OC(=O)[C@H](C)NC(=O)OC(C)(C)C. The molecular formula is C21H32ClNO5. The van der Waals surface area contributed by atoms with Crippen molar-refractivity contribution in [1.82, 2.24) is 5.32 Å². The quantitative estimate of drug-likeness (QED) is 0.604. The minimum absolute atomic E-state index is 0.358. The van der Waals surface area contributed by atoms with Crippen LogP contribution in [0.25, 0.3) is 0 Å². The molecule has 0 bridgehead atoms. The number of hydrogen-bond acceptors (Lipinski definition) is 5. The van der Waals surface area contributed by atoms with E-state index in [1.807, 2.05) is 32.0 Å². The molecule has 1 aromatic rings. The van der Waals surface area contributed by atoms with Crippen LogP contribution in [0.1, 0.15) is 59.9 Å². The van der Waals surface area contributed by atoms with Crippen molar-refractivity contribution in [1.29, 1.82) is 0 Å². The summed E-state index contributed by atoms with van der Waals surface area (Å²) in [5.41, 5.74) is 0.389. The molecule has 0 spiro atoms. The van der Waals surface area contributed by atoms with E-state index in [9.17, 15) is 9.59 Å². The Bertz CT molecular complexity index is 671. The molecule has 7 heteroatoms. The number of esters is 1. The van der Waals surface area contributed by atoms with E-state index in [0.29, 0.717) is 17.2 Å². The van der Waals surface area contributed by atoms with Crippen molar-refractivity contribution < 1.29 is 23.8 Å². The molecule has 6 nitrogen and oxygen atoms in total. The van der Waals surface area contributed by atoms with Gasteiger partial charge in [-0.05, 0) is 65.7 Å². The van der Waals surface area contributed by atoms with Gasteiger partial charge in [-0.2, -0.15) is 0 Å². The number of hydrogen-bond donors (Lipinski definition) is 1. The Morgan fingerprint density at radius 3 is 2.39 bits per heavy atom. The molecule has 0 radical (unpaired) electrons. The zero-order chi connectivity index (χ0) is 21.5. The fraction of sp³-hybridized carbons (Fsp3) is 0.619. The number of rotatable bonds is 8. The Morgan fingerprint density at radius 1 is 1.21 bits per heavy atom. The van der Waals surface area contributed by atoms with Gasteiger partial charge in [0, 0.05) is 0 Å². The molecule has 0 unspecified atom stereocenters. The highest BCUT2D eigenvalue weighted by atomic mass is 35.5. The molecule has 1 rings (SSSR count). The van der Waals surface area contributed by atoms with Gasteiger partial charge < -0.3 is 19.5 Å². The van der Waals surface area contributed by atoms with Crippen LogP contribution in [0.2, 0.25) is 5.02 Å². The van der Waals surface area contributed by atoms with E-state index < -0.39 is 29.8 Å². The van der Waals surface area contributed by atoms with E-state index in [2.05, 4.69) is 5.32 Å². The molecule has 1 aromatic carbocycles. The molecule has 1 amide bonds. The highest BCUT2D eigenvalue weighted by Gasteiger charge is 2.27. The maximum atomic E-state index is 12.4. The van der Waals surface area contributed by atoms with Gasteiger partial charge in [0.25, 0.3) is 0 Å². The average Bonchev–Trinajstić information content (AvgIpc) is 2.54. The molecule has 0 heterocycles. The second-order valence-corrected chi connectivity index (χ2v) is 8.30. The fourth-order valence-corrected chi connectivity index (χ4v) is 2.72. The lowest BCUT2D eigenvalue weighted by Gasteiger charge is -2.27. The van der Waals surface area contributed by atoms with Crippen LogP contribution in [0.3, 0.4) is 0 Å². The van der Waals surface area contributed by atoms with Crippen LogP contribution in [0.15, 0.2) is 18.2 Å². The van der Waals surface area contributed by atoms with Crippen LogP contribution in [0.5, 0.6) is 5.75 Å². The van der Waals surface area contributed by atoms with Crippen molar-refractivity contribution in [3.05, 3.63) is 28.8 Å². The summed E-state index contributed by atoms with van der Waals surface area (Å²) in [6.07, 6.45) is -0.0122. The van der Waals surface area contributed by atoms with Crippen molar-refractivity contribution in [3.8, 4) is 5.75 Å². The molecule has 3 atom stereocenters. The number of ether oxygens (including phenoxy) is 3. The first kappa shape index (κ1) is 24.1. The lowest BCUT2D eigenvalue weighted by atomic mass is 10.1. The highest BCUT2D eigenvalue weighted by Crippen LogP contribution is 2.28.